The lowest BCUT2D eigenvalue weighted by Gasteiger charge is -2.08. The summed E-state index contributed by atoms with van der Waals surface area (Å²) in [5.74, 6) is 0.424. The third kappa shape index (κ3) is 5.54. The molecule has 2 heterocycles. The van der Waals surface area contributed by atoms with E-state index in [-0.39, 0.29) is 6.03 Å². The number of unbranched alkanes of at least 4 members (excludes halogenated alkanes) is 1. The number of aromatic nitrogens is 3. The van der Waals surface area contributed by atoms with Crippen LogP contribution in [0.3, 0.4) is 0 Å². The Morgan fingerprint density at radius 3 is 2.65 bits per heavy atom. The third-order valence-corrected chi connectivity index (χ3v) is 4.85. The number of rotatable bonds is 7. The summed E-state index contributed by atoms with van der Waals surface area (Å²) in [4.78, 5) is 25.6. The van der Waals surface area contributed by atoms with Crippen molar-refractivity contribution in [3.63, 3.8) is 0 Å². The lowest BCUT2D eigenvalue weighted by atomic mass is 10.1. The highest BCUT2D eigenvalue weighted by atomic mass is 16.2. The van der Waals surface area contributed by atoms with Crippen LogP contribution in [-0.4, -0.2) is 27.5 Å². The van der Waals surface area contributed by atoms with Gasteiger partial charge < -0.3 is 11.1 Å². The number of nitrogens with one attached hydrogen (secondary N) is 2. The summed E-state index contributed by atoms with van der Waals surface area (Å²) in [5, 5.41) is 5.63. The minimum Gasteiger partial charge on any atom is -0.399 e. The highest BCUT2D eigenvalue weighted by Crippen LogP contribution is 2.21. The van der Waals surface area contributed by atoms with E-state index in [1.807, 2.05) is 42.5 Å². The van der Waals surface area contributed by atoms with Gasteiger partial charge in [0.2, 0.25) is 0 Å². The molecule has 0 unspecified atom stereocenters. The summed E-state index contributed by atoms with van der Waals surface area (Å²) in [6.07, 6.45) is 4.61. The van der Waals surface area contributed by atoms with Crippen molar-refractivity contribution in [1.29, 1.82) is 0 Å². The average molecular weight is 412 g/mol. The number of pyridine rings is 1. The van der Waals surface area contributed by atoms with Crippen molar-refractivity contribution in [1.82, 2.24) is 20.3 Å². The molecular weight excluding hydrogens is 388 g/mol. The van der Waals surface area contributed by atoms with Gasteiger partial charge >= 0.3 is 6.03 Å². The largest absolute Gasteiger partial charge is 0.399 e. The van der Waals surface area contributed by atoms with Crippen LogP contribution in [0.15, 0.2) is 72.9 Å². The first kappa shape index (κ1) is 20.3. The number of anilines is 2. The second kappa shape index (κ2) is 9.67. The van der Waals surface area contributed by atoms with E-state index in [4.69, 9.17) is 5.73 Å². The minimum atomic E-state index is -0.286. The van der Waals surface area contributed by atoms with Crippen molar-refractivity contribution in [3.8, 4) is 11.3 Å². The van der Waals surface area contributed by atoms with Crippen LogP contribution < -0.4 is 16.4 Å². The van der Waals surface area contributed by atoms with Crippen LogP contribution in [0.4, 0.5) is 16.3 Å². The normalized spacial score (nSPS) is 10.7. The maximum atomic E-state index is 12.2. The van der Waals surface area contributed by atoms with Gasteiger partial charge in [0.25, 0.3) is 0 Å². The number of hydrogen-bond donors (Lipinski definition) is 3. The lowest BCUT2D eigenvalue weighted by Crippen LogP contribution is -2.29. The second-order valence-corrected chi connectivity index (χ2v) is 7.24. The first-order valence-electron chi connectivity index (χ1n) is 10.3. The fourth-order valence-electron chi connectivity index (χ4n) is 3.27. The lowest BCUT2D eigenvalue weighted by molar-refractivity contribution is 0.252. The molecule has 4 rings (SSSR count). The highest BCUT2D eigenvalue weighted by Gasteiger charge is 2.07. The molecule has 0 radical (unpaired) electrons. The standard InChI is InChI=1S/C24H24N6O/c25-19-11-6-10-18(15-19)21-16-27-20-12-13-22(29-23(20)28-21)30-24(31)26-14-5-4-9-17-7-2-1-3-8-17/h1-3,6-8,10-13,15-16H,4-5,9,14,25H2,(H2,26,28,29,30,31). The highest BCUT2D eigenvalue weighted by molar-refractivity contribution is 5.89. The number of carbonyl (C=O) groups is 1. The first-order valence-corrected chi connectivity index (χ1v) is 10.3. The predicted molar refractivity (Wildman–Crippen MR) is 124 cm³/mol. The monoisotopic (exact) mass is 412 g/mol. The zero-order valence-electron chi connectivity index (χ0n) is 17.1. The maximum Gasteiger partial charge on any atom is 0.320 e. The van der Waals surface area contributed by atoms with E-state index in [9.17, 15) is 4.79 Å². The van der Waals surface area contributed by atoms with E-state index < -0.39 is 0 Å². The molecule has 0 aliphatic rings. The SMILES string of the molecule is Nc1cccc(-c2cnc3ccc(NC(=O)NCCCCc4ccccc4)nc3n2)c1. The van der Waals surface area contributed by atoms with Crippen LogP contribution in [0.5, 0.6) is 0 Å². The van der Waals surface area contributed by atoms with Gasteiger partial charge in [-0.25, -0.2) is 14.8 Å². The van der Waals surface area contributed by atoms with Crippen LogP contribution in [0, 0.1) is 0 Å². The number of nitrogens with two attached hydrogens (primary N) is 1. The number of fused-ring (bicyclic) bond motifs is 1. The van der Waals surface area contributed by atoms with Crippen molar-refractivity contribution >= 4 is 28.7 Å². The van der Waals surface area contributed by atoms with Crippen LogP contribution >= 0.6 is 0 Å². The van der Waals surface area contributed by atoms with Gasteiger partial charge in [-0.05, 0) is 49.1 Å². The molecule has 0 fully saturated rings. The van der Waals surface area contributed by atoms with Gasteiger partial charge in [-0.3, -0.25) is 10.3 Å². The van der Waals surface area contributed by atoms with Crippen molar-refractivity contribution in [2.24, 2.45) is 0 Å². The summed E-state index contributed by atoms with van der Waals surface area (Å²) in [6, 6.07) is 21.0. The molecular formula is C24H24N6O. The van der Waals surface area contributed by atoms with Crippen molar-refractivity contribution in [2.45, 2.75) is 19.3 Å². The van der Waals surface area contributed by atoms with E-state index >= 15 is 0 Å². The van der Waals surface area contributed by atoms with Gasteiger partial charge in [0.05, 0.1) is 11.9 Å². The van der Waals surface area contributed by atoms with Crippen LogP contribution in [-0.2, 0) is 6.42 Å². The van der Waals surface area contributed by atoms with Crippen molar-refractivity contribution in [2.75, 3.05) is 17.6 Å². The summed E-state index contributed by atoms with van der Waals surface area (Å²) in [5.41, 5.74) is 10.5. The second-order valence-electron chi connectivity index (χ2n) is 7.24. The molecule has 0 atom stereocenters. The van der Waals surface area contributed by atoms with E-state index in [2.05, 4.69) is 37.7 Å². The molecule has 2 aromatic heterocycles. The third-order valence-electron chi connectivity index (χ3n) is 4.85. The molecule has 0 spiro atoms. The van der Waals surface area contributed by atoms with Gasteiger partial charge in [0.15, 0.2) is 5.65 Å². The van der Waals surface area contributed by atoms with Gasteiger partial charge in [-0.2, -0.15) is 0 Å². The average Bonchev–Trinajstić information content (AvgIpc) is 2.79. The zero-order valence-corrected chi connectivity index (χ0v) is 17.1. The van der Waals surface area contributed by atoms with E-state index in [1.165, 1.54) is 5.56 Å². The Bertz CT molecular complexity index is 1180. The van der Waals surface area contributed by atoms with Gasteiger partial charge in [0, 0.05) is 17.8 Å². The topological polar surface area (TPSA) is 106 Å². The number of aryl methyl sites for hydroxylation is 1. The fourth-order valence-corrected chi connectivity index (χ4v) is 3.27. The Morgan fingerprint density at radius 1 is 0.935 bits per heavy atom. The fraction of sp³-hybridized carbons (Fsp3) is 0.167. The van der Waals surface area contributed by atoms with Gasteiger partial charge in [0.1, 0.15) is 11.3 Å². The van der Waals surface area contributed by atoms with Crippen LogP contribution in [0.25, 0.3) is 22.4 Å². The zero-order chi connectivity index (χ0) is 21.5. The number of benzene rings is 2. The summed E-state index contributed by atoms with van der Waals surface area (Å²) < 4.78 is 0. The minimum absolute atomic E-state index is 0.286. The quantitative estimate of drug-likeness (QED) is 0.308. The number of carbonyl (C=O) groups excluding carboxylic acids is 1. The van der Waals surface area contributed by atoms with Crippen molar-refractivity contribution in [3.05, 3.63) is 78.5 Å². The molecule has 4 N–H and O–H groups in total. The number of urea groups is 1. The summed E-state index contributed by atoms with van der Waals surface area (Å²) in [6.45, 7) is 0.603. The molecule has 0 saturated carbocycles. The first-order chi connectivity index (χ1) is 15.2. The Morgan fingerprint density at radius 2 is 1.81 bits per heavy atom. The molecule has 156 valence electrons. The molecule has 0 saturated heterocycles. The molecule has 31 heavy (non-hydrogen) atoms. The van der Waals surface area contributed by atoms with E-state index in [0.717, 1.165) is 24.8 Å². The summed E-state index contributed by atoms with van der Waals surface area (Å²) >= 11 is 0. The Balaban J connectivity index is 1.33. The van der Waals surface area contributed by atoms with Gasteiger partial charge in [-0.1, -0.05) is 42.5 Å². The molecule has 2 amide bonds. The number of nitrogen functional groups attached to an aromatic ring is 1. The molecule has 0 aliphatic heterocycles. The van der Waals surface area contributed by atoms with E-state index in [0.29, 0.717) is 34.9 Å². The Hall–Kier alpha value is -4.00. The molecule has 4 aromatic rings. The van der Waals surface area contributed by atoms with E-state index in [1.54, 1.807) is 18.3 Å². The van der Waals surface area contributed by atoms with Crippen molar-refractivity contribution < 1.29 is 4.79 Å². The molecule has 0 aliphatic carbocycles. The maximum absolute atomic E-state index is 12.2. The number of hydrogen-bond acceptors (Lipinski definition) is 5. The molecule has 7 heteroatoms. The smallest absolute Gasteiger partial charge is 0.320 e. The Labute approximate surface area is 180 Å². The Kier molecular flexibility index (Phi) is 6.32. The molecule has 2 aromatic carbocycles. The number of nitrogens with zero attached hydrogens (tertiary/aromatic N) is 3. The van der Waals surface area contributed by atoms with Crippen LogP contribution in [0.1, 0.15) is 18.4 Å². The predicted octanol–water partition coefficient (Wildman–Crippen LogP) is 4.42. The van der Waals surface area contributed by atoms with Gasteiger partial charge in [-0.15, -0.1) is 0 Å². The number of amides is 2. The molecule has 0 bridgehead atoms. The molecule has 7 nitrogen and oxygen atoms in total. The van der Waals surface area contributed by atoms with Crippen LogP contribution in [0.2, 0.25) is 0 Å². The summed E-state index contributed by atoms with van der Waals surface area (Å²) in [7, 11) is 0.